The van der Waals surface area contributed by atoms with Gasteiger partial charge in [0.1, 0.15) is 0 Å². The van der Waals surface area contributed by atoms with E-state index in [1.807, 2.05) is 0 Å². The molecule has 88 valence electrons. The van der Waals surface area contributed by atoms with Crippen LogP contribution in [-0.4, -0.2) is 19.1 Å². The number of rotatable bonds is 8. The zero-order chi connectivity index (χ0) is 10.9. The van der Waals surface area contributed by atoms with E-state index in [1.165, 1.54) is 25.7 Å². The summed E-state index contributed by atoms with van der Waals surface area (Å²) in [5.74, 6) is 5.79. The second-order valence-electron chi connectivity index (χ2n) is 4.22. The third-order valence-corrected chi connectivity index (χ3v) is 3.00. The normalized spacial score (nSPS) is 16.1. The molecule has 0 aliphatic heterocycles. The highest BCUT2D eigenvalue weighted by Gasteiger charge is 2.16. The van der Waals surface area contributed by atoms with Crippen LogP contribution in [0.3, 0.4) is 0 Å². The average Bonchev–Trinajstić information content (AvgIpc) is 2.19. The zero-order valence-electron chi connectivity index (χ0n) is 9.34. The van der Waals surface area contributed by atoms with E-state index in [9.17, 15) is 4.79 Å². The van der Waals surface area contributed by atoms with Crippen molar-refractivity contribution in [2.75, 3.05) is 13.2 Å². The summed E-state index contributed by atoms with van der Waals surface area (Å²) in [4.78, 5) is 10.8. The van der Waals surface area contributed by atoms with Gasteiger partial charge in [0, 0.05) is 19.6 Å². The first-order valence-electron chi connectivity index (χ1n) is 5.90. The molecule has 0 unspecified atom stereocenters. The van der Waals surface area contributed by atoms with Gasteiger partial charge in [-0.15, -0.1) is 0 Å². The maximum absolute atomic E-state index is 10.8. The van der Waals surface area contributed by atoms with Gasteiger partial charge in [-0.3, -0.25) is 10.2 Å². The molecule has 1 rings (SSSR count). The molecule has 0 saturated heterocycles. The van der Waals surface area contributed by atoms with E-state index >= 15 is 0 Å². The van der Waals surface area contributed by atoms with E-state index in [1.54, 1.807) is 0 Å². The summed E-state index contributed by atoms with van der Waals surface area (Å²) in [6.45, 7) is 1.65. The van der Waals surface area contributed by atoms with Crippen LogP contribution in [0, 0.1) is 5.92 Å². The van der Waals surface area contributed by atoms with E-state index in [0.717, 1.165) is 32.0 Å². The van der Waals surface area contributed by atoms with Gasteiger partial charge in [0.25, 0.3) is 0 Å². The van der Waals surface area contributed by atoms with Crippen molar-refractivity contribution in [2.24, 2.45) is 11.8 Å². The van der Waals surface area contributed by atoms with Crippen LogP contribution in [0.5, 0.6) is 0 Å². The third-order valence-electron chi connectivity index (χ3n) is 3.00. The summed E-state index contributed by atoms with van der Waals surface area (Å²) in [5, 5.41) is 0. The smallest absolute Gasteiger partial charge is 0.233 e. The van der Waals surface area contributed by atoms with Crippen molar-refractivity contribution >= 4 is 5.91 Å². The maximum Gasteiger partial charge on any atom is 0.233 e. The van der Waals surface area contributed by atoms with Crippen molar-refractivity contribution < 1.29 is 9.53 Å². The molecule has 3 N–H and O–H groups in total. The van der Waals surface area contributed by atoms with E-state index in [0.29, 0.717) is 6.42 Å². The molecule has 1 saturated carbocycles. The molecule has 1 aliphatic rings. The Morgan fingerprint density at radius 1 is 1.33 bits per heavy atom. The highest BCUT2D eigenvalue weighted by atomic mass is 16.5. The molecule has 0 bridgehead atoms. The zero-order valence-corrected chi connectivity index (χ0v) is 9.34. The van der Waals surface area contributed by atoms with Crippen LogP contribution in [-0.2, 0) is 9.53 Å². The van der Waals surface area contributed by atoms with Gasteiger partial charge in [-0.1, -0.05) is 19.3 Å². The third kappa shape index (κ3) is 5.74. The number of amides is 1. The lowest BCUT2D eigenvalue weighted by molar-refractivity contribution is -0.121. The number of hydrogen-bond donors (Lipinski definition) is 2. The summed E-state index contributed by atoms with van der Waals surface area (Å²) < 4.78 is 5.49. The molecule has 1 fully saturated rings. The van der Waals surface area contributed by atoms with Crippen LogP contribution < -0.4 is 11.3 Å². The molecule has 4 nitrogen and oxygen atoms in total. The molecule has 15 heavy (non-hydrogen) atoms. The predicted molar refractivity (Wildman–Crippen MR) is 59.0 cm³/mol. The van der Waals surface area contributed by atoms with E-state index in [4.69, 9.17) is 10.6 Å². The minimum Gasteiger partial charge on any atom is -0.381 e. The summed E-state index contributed by atoms with van der Waals surface area (Å²) in [5.41, 5.74) is 2.12. The second-order valence-corrected chi connectivity index (χ2v) is 4.22. The standard InChI is InChI=1S/C11H22N2O2/c12-13-11(14)6-1-2-8-15-9-7-10-4-3-5-10/h10H,1-9,12H2,(H,13,14). The van der Waals surface area contributed by atoms with Crippen LogP contribution in [0.4, 0.5) is 0 Å². The molecule has 0 aromatic carbocycles. The molecule has 0 aromatic heterocycles. The molecule has 0 radical (unpaired) electrons. The molecule has 0 spiro atoms. The number of hydrogen-bond acceptors (Lipinski definition) is 3. The van der Waals surface area contributed by atoms with E-state index in [-0.39, 0.29) is 5.91 Å². The minimum atomic E-state index is -0.0931. The maximum atomic E-state index is 10.8. The number of nitrogens with two attached hydrogens (primary N) is 1. The Balaban J connectivity index is 1.74. The molecule has 4 heteroatoms. The van der Waals surface area contributed by atoms with Crippen molar-refractivity contribution in [1.82, 2.24) is 5.43 Å². The fourth-order valence-electron chi connectivity index (χ4n) is 1.70. The Kier molecular flexibility index (Phi) is 6.36. The summed E-state index contributed by atoms with van der Waals surface area (Å²) in [6, 6.07) is 0. The van der Waals surface area contributed by atoms with Crippen molar-refractivity contribution in [2.45, 2.75) is 44.9 Å². The number of ether oxygens (including phenoxy) is 1. The van der Waals surface area contributed by atoms with Gasteiger partial charge in [-0.25, -0.2) is 5.84 Å². The summed E-state index contributed by atoms with van der Waals surface area (Å²) in [7, 11) is 0. The van der Waals surface area contributed by atoms with E-state index in [2.05, 4.69) is 5.43 Å². The number of carbonyl (C=O) groups excluding carboxylic acids is 1. The number of carbonyl (C=O) groups is 1. The minimum absolute atomic E-state index is 0.0931. The topological polar surface area (TPSA) is 64.3 Å². The van der Waals surface area contributed by atoms with E-state index < -0.39 is 0 Å². The lowest BCUT2D eigenvalue weighted by atomic mass is 9.83. The summed E-state index contributed by atoms with van der Waals surface area (Å²) in [6.07, 6.45) is 7.69. The molecule has 0 heterocycles. The van der Waals surface area contributed by atoms with Gasteiger partial charge in [0.15, 0.2) is 0 Å². The Bertz CT molecular complexity index is 181. The lowest BCUT2D eigenvalue weighted by Crippen LogP contribution is -2.29. The van der Waals surface area contributed by atoms with Crippen molar-refractivity contribution in [1.29, 1.82) is 0 Å². The molecular weight excluding hydrogens is 192 g/mol. The molecule has 1 amide bonds. The van der Waals surface area contributed by atoms with Crippen LogP contribution in [0.2, 0.25) is 0 Å². The molecule has 1 aliphatic carbocycles. The first-order chi connectivity index (χ1) is 7.33. The quantitative estimate of drug-likeness (QED) is 0.277. The van der Waals surface area contributed by atoms with Crippen molar-refractivity contribution in [3.63, 3.8) is 0 Å². The van der Waals surface area contributed by atoms with Gasteiger partial charge >= 0.3 is 0 Å². The number of unbranched alkanes of at least 4 members (excludes halogenated alkanes) is 1. The molecule has 0 aromatic rings. The largest absolute Gasteiger partial charge is 0.381 e. The van der Waals surface area contributed by atoms with Gasteiger partial charge < -0.3 is 4.74 Å². The Morgan fingerprint density at radius 2 is 2.13 bits per heavy atom. The fraction of sp³-hybridized carbons (Fsp3) is 0.909. The SMILES string of the molecule is NNC(=O)CCCCOCCC1CCC1. The number of nitrogens with one attached hydrogen (secondary N) is 1. The van der Waals surface area contributed by atoms with Gasteiger partial charge in [-0.2, -0.15) is 0 Å². The monoisotopic (exact) mass is 214 g/mol. The first-order valence-corrected chi connectivity index (χ1v) is 5.90. The highest BCUT2D eigenvalue weighted by Crippen LogP contribution is 2.29. The van der Waals surface area contributed by atoms with Crippen LogP contribution in [0.15, 0.2) is 0 Å². The van der Waals surface area contributed by atoms with Crippen LogP contribution in [0.1, 0.15) is 44.9 Å². The van der Waals surface area contributed by atoms with Gasteiger partial charge in [0.2, 0.25) is 5.91 Å². The van der Waals surface area contributed by atoms with Gasteiger partial charge in [-0.05, 0) is 25.2 Å². The Labute approximate surface area is 91.5 Å². The molecule has 0 atom stereocenters. The lowest BCUT2D eigenvalue weighted by Gasteiger charge is -2.24. The predicted octanol–water partition coefficient (Wildman–Crippen LogP) is 1.35. The van der Waals surface area contributed by atoms with Crippen LogP contribution in [0.25, 0.3) is 0 Å². The summed E-state index contributed by atoms with van der Waals surface area (Å²) >= 11 is 0. The Morgan fingerprint density at radius 3 is 2.73 bits per heavy atom. The number of hydrazine groups is 1. The second kappa shape index (κ2) is 7.65. The molecular formula is C11H22N2O2. The fourth-order valence-corrected chi connectivity index (χ4v) is 1.70. The van der Waals surface area contributed by atoms with Crippen LogP contribution >= 0.6 is 0 Å². The highest BCUT2D eigenvalue weighted by molar-refractivity contribution is 5.74. The average molecular weight is 214 g/mol. The van der Waals surface area contributed by atoms with Gasteiger partial charge in [0.05, 0.1) is 0 Å². The Hall–Kier alpha value is -0.610. The first kappa shape index (κ1) is 12.5. The van der Waals surface area contributed by atoms with Crippen molar-refractivity contribution in [3.8, 4) is 0 Å². The van der Waals surface area contributed by atoms with Crippen molar-refractivity contribution in [3.05, 3.63) is 0 Å².